The molecule has 11 N–H and O–H groups in total. The normalized spacial score (nSPS) is 29.6. The summed E-state index contributed by atoms with van der Waals surface area (Å²) in [5, 5.41) is 111. The first-order chi connectivity index (χ1) is 31.1. The highest BCUT2D eigenvalue weighted by Crippen LogP contribution is 2.45. The molecule has 65 heavy (non-hydrogen) atoms. The summed E-state index contributed by atoms with van der Waals surface area (Å²) in [5.74, 6) is -1.62. The highest BCUT2D eigenvalue weighted by atomic mass is 16.7. The molecule has 3 saturated heterocycles. The standard InChI is InChI=1S/C27H30O17.C17H19NO3/c28-7-16-18(32)19(33)22(36)27(43-16)42-13-2-1-8(3-10(13)29)14-6-12(31)17-11(30)4-9(5-15(17)41-14)40-26-23(37)20(34)21(35)24(44-26)25(38)39;19-17(18-10-4-1-5-11-18)7-3-2-6-14-8-9-15-16(12-14)21-13-20-15/h1-6,12,16,18-24,26-37H,7H2,(H,38,39);2-3,6-9,12H,1,4-5,10-11,13H2/b;6-2+,7-3+. The van der Waals surface area contributed by atoms with Crippen molar-refractivity contribution in [3.05, 3.63) is 89.5 Å². The number of aromatic hydroxyl groups is 2. The number of ether oxygens (including phenoxy) is 7. The van der Waals surface area contributed by atoms with Gasteiger partial charge in [0.2, 0.25) is 25.3 Å². The number of hydrogen-bond donors (Lipinski definition) is 11. The maximum atomic E-state index is 11.9. The largest absolute Gasteiger partial charge is 0.507 e. The number of phenols is 2. The summed E-state index contributed by atoms with van der Waals surface area (Å²) in [7, 11) is 0. The summed E-state index contributed by atoms with van der Waals surface area (Å²) >= 11 is 0. The number of piperidine rings is 1. The number of aliphatic hydroxyl groups is 8. The number of rotatable bonds is 10. The van der Waals surface area contributed by atoms with Gasteiger partial charge in [0.15, 0.2) is 29.1 Å². The third-order valence-electron chi connectivity index (χ3n) is 11.0. The van der Waals surface area contributed by atoms with Crippen molar-refractivity contribution in [3.8, 4) is 40.2 Å². The number of fused-ring (bicyclic) bond motifs is 2. The van der Waals surface area contributed by atoms with Crippen LogP contribution in [0.2, 0.25) is 0 Å². The number of likely N-dealkylation sites (tertiary alicyclic amines) is 1. The van der Waals surface area contributed by atoms with Gasteiger partial charge < -0.3 is 94.2 Å². The van der Waals surface area contributed by atoms with E-state index in [-0.39, 0.29) is 46.8 Å². The average Bonchev–Trinajstić information content (AvgIpc) is 3.77. The Morgan fingerprint density at radius 3 is 2.14 bits per heavy atom. The predicted octanol–water partition coefficient (Wildman–Crippen LogP) is 0.0116. The number of phenolic OH excluding ortho intramolecular Hbond substituents is 2. The molecule has 8 rings (SSSR count). The molecule has 3 aromatic rings. The molecular weight excluding hydrogens is 862 g/mol. The Morgan fingerprint density at radius 2 is 1.43 bits per heavy atom. The van der Waals surface area contributed by atoms with Crippen LogP contribution in [0.15, 0.2) is 72.8 Å². The zero-order chi connectivity index (χ0) is 46.5. The number of amides is 1. The number of nitrogens with zero attached hydrogens (tertiary/aromatic N) is 1. The van der Waals surface area contributed by atoms with Crippen LogP contribution in [0.4, 0.5) is 0 Å². The third-order valence-corrected chi connectivity index (χ3v) is 11.0. The highest BCUT2D eigenvalue weighted by Gasteiger charge is 2.48. The molecule has 5 aliphatic rings. The van der Waals surface area contributed by atoms with Crippen molar-refractivity contribution < 1.29 is 98.9 Å². The predicted molar refractivity (Wildman–Crippen MR) is 220 cm³/mol. The Morgan fingerprint density at radius 1 is 0.723 bits per heavy atom. The zero-order valence-electron chi connectivity index (χ0n) is 34.3. The quantitative estimate of drug-likeness (QED) is 0.0943. The third kappa shape index (κ3) is 10.6. The van der Waals surface area contributed by atoms with Gasteiger partial charge in [-0.15, -0.1) is 0 Å². The van der Waals surface area contributed by atoms with Gasteiger partial charge in [0.05, 0.1) is 12.2 Å². The van der Waals surface area contributed by atoms with Crippen LogP contribution in [0, 0.1) is 0 Å². The summed E-state index contributed by atoms with van der Waals surface area (Å²) < 4.78 is 37.7. The smallest absolute Gasteiger partial charge is 0.335 e. The van der Waals surface area contributed by atoms with Crippen LogP contribution in [-0.2, 0) is 19.1 Å². The molecule has 1 amide bonds. The first-order valence-corrected chi connectivity index (χ1v) is 20.5. The molecule has 5 aliphatic heterocycles. The van der Waals surface area contributed by atoms with Crippen LogP contribution in [0.5, 0.6) is 40.2 Å². The minimum Gasteiger partial charge on any atom is -0.507 e. The highest BCUT2D eigenvalue weighted by molar-refractivity contribution is 5.88. The van der Waals surface area contributed by atoms with Crippen molar-refractivity contribution in [2.24, 2.45) is 0 Å². The second-order valence-corrected chi connectivity index (χ2v) is 15.5. The van der Waals surface area contributed by atoms with Gasteiger partial charge in [0, 0.05) is 36.9 Å². The maximum Gasteiger partial charge on any atom is 0.335 e. The van der Waals surface area contributed by atoms with E-state index in [2.05, 4.69) is 0 Å². The van der Waals surface area contributed by atoms with Crippen molar-refractivity contribution in [2.75, 3.05) is 26.5 Å². The van der Waals surface area contributed by atoms with Crippen molar-refractivity contribution in [1.29, 1.82) is 0 Å². The summed E-state index contributed by atoms with van der Waals surface area (Å²) in [4.78, 5) is 25.2. The zero-order valence-corrected chi connectivity index (χ0v) is 34.3. The number of carboxylic acid groups (broad SMARTS) is 1. The van der Waals surface area contributed by atoms with E-state index in [9.17, 15) is 65.8 Å². The van der Waals surface area contributed by atoms with E-state index in [4.69, 9.17) is 33.2 Å². The Hall–Kier alpha value is -5.98. The lowest BCUT2D eigenvalue weighted by atomic mass is 9.99. The van der Waals surface area contributed by atoms with E-state index < -0.39 is 91.6 Å². The van der Waals surface area contributed by atoms with Crippen LogP contribution in [-0.4, -0.2) is 161 Å². The Bertz CT molecular complexity index is 2270. The molecule has 3 aromatic carbocycles. The van der Waals surface area contributed by atoms with E-state index >= 15 is 0 Å². The summed E-state index contributed by atoms with van der Waals surface area (Å²) in [6.07, 6.45) is -6.84. The maximum absolute atomic E-state index is 11.9. The lowest BCUT2D eigenvalue weighted by molar-refractivity contribution is -0.277. The minimum atomic E-state index is -1.95. The minimum absolute atomic E-state index is 0.0188. The van der Waals surface area contributed by atoms with Crippen molar-refractivity contribution in [3.63, 3.8) is 0 Å². The van der Waals surface area contributed by atoms with Gasteiger partial charge in [-0.1, -0.05) is 24.3 Å². The molecule has 350 valence electrons. The van der Waals surface area contributed by atoms with Crippen LogP contribution in [0.1, 0.15) is 42.1 Å². The molecule has 0 aliphatic carbocycles. The number of hydrogen-bond acceptors (Lipinski definition) is 19. The molecule has 0 saturated carbocycles. The van der Waals surface area contributed by atoms with Crippen molar-refractivity contribution >= 4 is 23.7 Å². The monoisotopic (exact) mass is 911 g/mol. The molecule has 0 radical (unpaired) electrons. The van der Waals surface area contributed by atoms with Gasteiger partial charge in [-0.2, -0.15) is 0 Å². The number of allylic oxidation sites excluding steroid dienone is 2. The fourth-order valence-corrected chi connectivity index (χ4v) is 7.46. The SMILES string of the molecule is O=C(/C=C/C=C/c1ccc2c(c1)OCO2)N1CCCCC1.O=C(O)C1OC(Oc2cc(O)c3c(c2)OC(c2ccc(OC4OC(CO)C(O)C(O)C4O)c(O)c2)=CC3O)C(O)C(O)C1O. The number of aliphatic hydroxyl groups excluding tert-OH is 8. The number of benzene rings is 3. The molecule has 21 nitrogen and oxygen atoms in total. The van der Waals surface area contributed by atoms with E-state index in [1.165, 1.54) is 30.7 Å². The average molecular weight is 912 g/mol. The molecule has 3 fully saturated rings. The van der Waals surface area contributed by atoms with E-state index in [1.807, 2.05) is 35.3 Å². The number of carboxylic acids is 1. The van der Waals surface area contributed by atoms with E-state index in [0.29, 0.717) is 0 Å². The van der Waals surface area contributed by atoms with Crippen LogP contribution in [0.25, 0.3) is 11.8 Å². The van der Waals surface area contributed by atoms with Gasteiger partial charge in [-0.3, -0.25) is 4.79 Å². The van der Waals surface area contributed by atoms with Crippen LogP contribution < -0.4 is 23.7 Å². The molecule has 11 atom stereocenters. The van der Waals surface area contributed by atoms with Gasteiger partial charge in [0.1, 0.15) is 71.8 Å². The fourth-order valence-electron chi connectivity index (χ4n) is 7.46. The topological polar surface area (TPSA) is 325 Å². The number of aliphatic carboxylic acids is 1. The number of carbonyl (C=O) groups is 2. The first-order valence-electron chi connectivity index (χ1n) is 20.5. The number of carbonyl (C=O) groups excluding carboxylic acids is 1. The molecular formula is C44H49NO20. The Labute approximate surface area is 370 Å². The van der Waals surface area contributed by atoms with E-state index in [0.717, 1.165) is 55.1 Å². The second-order valence-electron chi connectivity index (χ2n) is 15.5. The second kappa shape index (κ2) is 20.5. The lowest BCUT2D eigenvalue weighted by Crippen LogP contribution is -2.61. The molecule has 0 aromatic heterocycles. The van der Waals surface area contributed by atoms with E-state index in [1.54, 1.807) is 12.2 Å². The molecule has 0 spiro atoms. The van der Waals surface area contributed by atoms with Gasteiger partial charge in [-0.05, 0) is 61.2 Å². The van der Waals surface area contributed by atoms with Crippen molar-refractivity contribution in [2.45, 2.75) is 86.8 Å². The first kappa shape index (κ1) is 47.0. The molecule has 0 bridgehead atoms. The Balaban J connectivity index is 0.000000249. The molecule has 5 heterocycles. The lowest BCUT2D eigenvalue weighted by Gasteiger charge is -2.39. The molecule has 21 heteroatoms. The van der Waals surface area contributed by atoms with Crippen LogP contribution >= 0.6 is 0 Å². The summed E-state index contributed by atoms with van der Waals surface area (Å²) in [6, 6.07) is 11.8. The Kier molecular flexibility index (Phi) is 14.8. The van der Waals surface area contributed by atoms with Gasteiger partial charge in [-0.25, -0.2) is 4.79 Å². The van der Waals surface area contributed by atoms with Crippen LogP contribution in [0.3, 0.4) is 0 Å². The summed E-state index contributed by atoms with van der Waals surface area (Å²) in [5.41, 5.74) is 1.12. The summed E-state index contributed by atoms with van der Waals surface area (Å²) in [6.45, 7) is 1.37. The van der Waals surface area contributed by atoms with Crippen molar-refractivity contribution in [1.82, 2.24) is 4.90 Å². The molecule has 11 unspecified atom stereocenters. The van der Waals surface area contributed by atoms with Gasteiger partial charge in [0.25, 0.3) is 0 Å². The van der Waals surface area contributed by atoms with Gasteiger partial charge >= 0.3 is 5.97 Å². The fraction of sp³-hybridized carbons (Fsp3) is 0.409.